The van der Waals surface area contributed by atoms with Gasteiger partial charge in [0.2, 0.25) is 10.0 Å². The average Bonchev–Trinajstić information content (AvgIpc) is 3.10. The van der Waals surface area contributed by atoms with E-state index in [4.69, 9.17) is 11.6 Å². The van der Waals surface area contributed by atoms with Crippen LogP contribution in [0.4, 0.5) is 17.1 Å². The maximum absolute atomic E-state index is 12.5. The monoisotopic (exact) mass is 393 g/mol. The molecule has 1 aliphatic rings. The van der Waals surface area contributed by atoms with Gasteiger partial charge in [0.1, 0.15) is 0 Å². The molecule has 1 aliphatic heterocycles. The Kier molecular flexibility index (Phi) is 5.38. The molecular weight excluding hydrogens is 374 g/mol. The highest BCUT2D eigenvalue weighted by atomic mass is 35.5. The minimum Gasteiger partial charge on any atom is -0.372 e. The minimum atomic E-state index is -3.43. The van der Waals surface area contributed by atoms with E-state index in [1.807, 2.05) is 24.3 Å². The lowest BCUT2D eigenvalue weighted by atomic mass is 10.2. The van der Waals surface area contributed by atoms with Crippen molar-refractivity contribution in [3.63, 3.8) is 0 Å². The number of amides is 1. The molecule has 0 unspecified atom stereocenters. The van der Waals surface area contributed by atoms with Crippen molar-refractivity contribution in [1.29, 1.82) is 0 Å². The molecule has 2 aromatic carbocycles. The van der Waals surface area contributed by atoms with Gasteiger partial charge in [-0.3, -0.25) is 9.52 Å². The summed E-state index contributed by atoms with van der Waals surface area (Å²) in [5, 5.41) is 3.03. The van der Waals surface area contributed by atoms with E-state index in [0.717, 1.165) is 25.0 Å². The van der Waals surface area contributed by atoms with Crippen LogP contribution in [0.5, 0.6) is 0 Å². The summed E-state index contributed by atoms with van der Waals surface area (Å²) >= 11 is 6.10. The van der Waals surface area contributed by atoms with Crippen molar-refractivity contribution in [1.82, 2.24) is 0 Å². The normalized spacial score (nSPS) is 14.3. The highest BCUT2D eigenvalue weighted by Crippen LogP contribution is 2.25. The van der Waals surface area contributed by atoms with Gasteiger partial charge in [0, 0.05) is 30.2 Å². The molecule has 0 aliphatic carbocycles. The van der Waals surface area contributed by atoms with E-state index in [1.54, 1.807) is 0 Å². The maximum Gasteiger partial charge on any atom is 0.257 e. The molecule has 3 rings (SSSR count). The lowest BCUT2D eigenvalue weighted by Crippen LogP contribution is -2.17. The molecule has 0 aromatic heterocycles. The van der Waals surface area contributed by atoms with Crippen molar-refractivity contribution in [2.24, 2.45) is 0 Å². The van der Waals surface area contributed by atoms with Gasteiger partial charge in [-0.2, -0.15) is 0 Å². The van der Waals surface area contributed by atoms with Crippen molar-refractivity contribution in [2.75, 3.05) is 34.3 Å². The lowest BCUT2D eigenvalue weighted by Gasteiger charge is -2.18. The molecule has 26 heavy (non-hydrogen) atoms. The Morgan fingerprint density at radius 1 is 1.04 bits per heavy atom. The van der Waals surface area contributed by atoms with Gasteiger partial charge in [-0.05, 0) is 55.3 Å². The first kappa shape index (κ1) is 18.5. The average molecular weight is 394 g/mol. The number of carbonyl (C=O) groups is 1. The number of benzene rings is 2. The molecule has 1 fully saturated rings. The Labute approximate surface area is 158 Å². The van der Waals surface area contributed by atoms with Gasteiger partial charge >= 0.3 is 0 Å². The fourth-order valence-corrected chi connectivity index (χ4v) is 3.66. The van der Waals surface area contributed by atoms with Crippen LogP contribution < -0.4 is 14.9 Å². The maximum atomic E-state index is 12.5. The second-order valence-electron chi connectivity index (χ2n) is 6.26. The first-order chi connectivity index (χ1) is 12.3. The van der Waals surface area contributed by atoms with Gasteiger partial charge < -0.3 is 10.2 Å². The largest absolute Gasteiger partial charge is 0.372 e. The fourth-order valence-electron chi connectivity index (χ4n) is 2.91. The molecule has 138 valence electrons. The van der Waals surface area contributed by atoms with E-state index in [2.05, 4.69) is 14.9 Å². The van der Waals surface area contributed by atoms with Gasteiger partial charge in [-0.25, -0.2) is 8.42 Å². The number of halogens is 1. The molecule has 0 saturated carbocycles. The number of hydrogen-bond donors (Lipinski definition) is 2. The molecule has 1 heterocycles. The Morgan fingerprint density at radius 2 is 1.65 bits per heavy atom. The number of rotatable bonds is 5. The van der Waals surface area contributed by atoms with Crippen LogP contribution in [-0.2, 0) is 10.0 Å². The summed E-state index contributed by atoms with van der Waals surface area (Å²) in [6.07, 6.45) is 3.45. The smallest absolute Gasteiger partial charge is 0.257 e. The van der Waals surface area contributed by atoms with E-state index in [0.29, 0.717) is 5.69 Å². The number of hydrogen-bond acceptors (Lipinski definition) is 4. The molecule has 1 saturated heterocycles. The van der Waals surface area contributed by atoms with E-state index >= 15 is 0 Å². The molecular formula is C18H20ClN3O3S. The van der Waals surface area contributed by atoms with Gasteiger partial charge in [0.15, 0.2) is 0 Å². The summed E-state index contributed by atoms with van der Waals surface area (Å²) in [6.45, 7) is 2.11. The first-order valence-corrected chi connectivity index (χ1v) is 10.5. The standard InChI is InChI=1S/C18H20ClN3O3S/c1-26(24,25)21-14-6-9-17(19)16(12-14)18(23)20-13-4-7-15(8-5-13)22-10-2-3-11-22/h4-9,12,21H,2-3,10-11H2,1H3,(H,20,23). The van der Waals surface area contributed by atoms with Gasteiger partial charge in [-0.15, -0.1) is 0 Å². The van der Waals surface area contributed by atoms with Gasteiger partial charge in [-0.1, -0.05) is 11.6 Å². The molecule has 8 heteroatoms. The molecule has 1 amide bonds. The van der Waals surface area contributed by atoms with Crippen molar-refractivity contribution < 1.29 is 13.2 Å². The number of nitrogens with zero attached hydrogens (tertiary/aromatic N) is 1. The van der Waals surface area contributed by atoms with Crippen LogP contribution in [0.1, 0.15) is 23.2 Å². The zero-order valence-corrected chi connectivity index (χ0v) is 15.9. The quantitative estimate of drug-likeness (QED) is 0.814. The Bertz CT molecular complexity index is 908. The summed E-state index contributed by atoms with van der Waals surface area (Å²) in [6, 6.07) is 12.0. The predicted molar refractivity (Wildman–Crippen MR) is 106 cm³/mol. The summed E-state index contributed by atoms with van der Waals surface area (Å²) in [5.74, 6) is -0.402. The zero-order chi connectivity index (χ0) is 18.7. The number of sulfonamides is 1. The molecule has 0 atom stereocenters. The molecule has 2 N–H and O–H groups in total. The highest BCUT2D eigenvalue weighted by molar-refractivity contribution is 7.92. The van der Waals surface area contributed by atoms with Crippen molar-refractivity contribution in [3.05, 3.63) is 53.1 Å². The van der Waals surface area contributed by atoms with Crippen LogP contribution >= 0.6 is 11.6 Å². The fraction of sp³-hybridized carbons (Fsp3) is 0.278. The Hall–Kier alpha value is -2.25. The van der Waals surface area contributed by atoms with Gasteiger partial charge in [0.05, 0.1) is 16.8 Å². The number of carbonyl (C=O) groups excluding carboxylic acids is 1. The SMILES string of the molecule is CS(=O)(=O)Nc1ccc(Cl)c(C(=O)Nc2ccc(N3CCCC3)cc2)c1. The topological polar surface area (TPSA) is 78.5 Å². The Morgan fingerprint density at radius 3 is 2.27 bits per heavy atom. The molecule has 0 spiro atoms. The summed E-state index contributed by atoms with van der Waals surface area (Å²) in [4.78, 5) is 14.8. The summed E-state index contributed by atoms with van der Waals surface area (Å²) < 4.78 is 25.0. The third-order valence-electron chi connectivity index (χ3n) is 4.11. The third-order valence-corrected chi connectivity index (χ3v) is 5.05. The second kappa shape index (κ2) is 7.55. The van der Waals surface area contributed by atoms with E-state index < -0.39 is 15.9 Å². The van der Waals surface area contributed by atoms with Crippen LogP contribution in [0.3, 0.4) is 0 Å². The van der Waals surface area contributed by atoms with E-state index in [1.165, 1.54) is 31.0 Å². The predicted octanol–water partition coefficient (Wildman–Crippen LogP) is 3.56. The van der Waals surface area contributed by atoms with Crippen LogP contribution in [0.15, 0.2) is 42.5 Å². The van der Waals surface area contributed by atoms with Crippen molar-refractivity contribution in [3.8, 4) is 0 Å². The number of nitrogens with one attached hydrogen (secondary N) is 2. The lowest BCUT2D eigenvalue weighted by molar-refractivity contribution is 0.102. The zero-order valence-electron chi connectivity index (χ0n) is 14.3. The van der Waals surface area contributed by atoms with E-state index in [9.17, 15) is 13.2 Å². The molecule has 6 nitrogen and oxygen atoms in total. The molecule has 0 bridgehead atoms. The Balaban J connectivity index is 1.74. The summed E-state index contributed by atoms with van der Waals surface area (Å²) in [5.41, 5.74) is 2.27. The van der Waals surface area contributed by atoms with Crippen LogP contribution in [0.2, 0.25) is 5.02 Å². The molecule has 0 radical (unpaired) electrons. The summed E-state index contributed by atoms with van der Waals surface area (Å²) in [7, 11) is -3.43. The van der Waals surface area contributed by atoms with Crippen molar-refractivity contribution in [2.45, 2.75) is 12.8 Å². The van der Waals surface area contributed by atoms with Crippen LogP contribution in [0.25, 0.3) is 0 Å². The second-order valence-corrected chi connectivity index (χ2v) is 8.42. The van der Waals surface area contributed by atoms with Crippen LogP contribution in [0, 0.1) is 0 Å². The first-order valence-electron chi connectivity index (χ1n) is 8.25. The van der Waals surface area contributed by atoms with E-state index in [-0.39, 0.29) is 16.3 Å². The third kappa shape index (κ3) is 4.68. The van der Waals surface area contributed by atoms with Crippen LogP contribution in [-0.4, -0.2) is 33.7 Å². The van der Waals surface area contributed by atoms with Crippen molar-refractivity contribution >= 4 is 44.6 Å². The highest BCUT2D eigenvalue weighted by Gasteiger charge is 2.15. The minimum absolute atomic E-state index is 0.198. The number of anilines is 3. The molecule has 2 aromatic rings. The van der Waals surface area contributed by atoms with Gasteiger partial charge in [0.25, 0.3) is 5.91 Å².